The average Bonchev–Trinajstić information content (AvgIpc) is 2.49. The number of aromatic nitrogens is 1. The number of pyridine rings is 1. The topological polar surface area (TPSA) is 48.1 Å². The van der Waals surface area contributed by atoms with Gasteiger partial charge in [0.2, 0.25) is 5.88 Å². The van der Waals surface area contributed by atoms with Gasteiger partial charge in [-0.3, -0.25) is 0 Å². The highest BCUT2D eigenvalue weighted by Crippen LogP contribution is 2.31. The normalized spacial score (nSPS) is 10.7. The lowest BCUT2D eigenvalue weighted by Gasteiger charge is -2.09. The van der Waals surface area contributed by atoms with Crippen molar-refractivity contribution in [3.63, 3.8) is 0 Å². The number of halogens is 1. The molecule has 1 heterocycles. The van der Waals surface area contributed by atoms with Gasteiger partial charge in [-0.15, -0.1) is 0 Å². The number of nitrogens with zero attached hydrogens (tertiary/aromatic N) is 1. The molecular weight excluding hydrogens is 316 g/mol. The standard InChI is InChI=1S/C16H13BrN2O/c17-15-6-2-5-14-13(15)7-8-19-16(14)20-12-4-1-3-11(9-12)10-18/h1-9H,10,18H2. The van der Waals surface area contributed by atoms with Crippen LogP contribution in [0.15, 0.2) is 59.2 Å². The van der Waals surface area contributed by atoms with E-state index in [1.54, 1.807) is 6.20 Å². The second kappa shape index (κ2) is 5.61. The van der Waals surface area contributed by atoms with Crippen LogP contribution in [0.3, 0.4) is 0 Å². The highest BCUT2D eigenvalue weighted by Gasteiger charge is 2.07. The van der Waals surface area contributed by atoms with E-state index in [1.807, 2.05) is 48.5 Å². The van der Waals surface area contributed by atoms with Gasteiger partial charge in [-0.25, -0.2) is 4.98 Å². The number of nitrogens with two attached hydrogens (primary N) is 1. The summed E-state index contributed by atoms with van der Waals surface area (Å²) in [7, 11) is 0. The fourth-order valence-electron chi connectivity index (χ4n) is 2.07. The molecule has 2 aromatic carbocycles. The Labute approximate surface area is 125 Å². The molecule has 0 saturated heterocycles. The molecule has 3 aromatic rings. The Morgan fingerprint density at radius 3 is 2.75 bits per heavy atom. The predicted octanol–water partition coefficient (Wildman–Crippen LogP) is 4.25. The van der Waals surface area contributed by atoms with Crippen LogP contribution in [0.25, 0.3) is 10.8 Å². The van der Waals surface area contributed by atoms with Gasteiger partial charge in [0, 0.05) is 28.0 Å². The van der Waals surface area contributed by atoms with Crippen molar-refractivity contribution in [2.75, 3.05) is 0 Å². The number of ether oxygens (including phenoxy) is 1. The second-order valence-corrected chi connectivity index (χ2v) is 5.26. The van der Waals surface area contributed by atoms with E-state index in [0.717, 1.165) is 26.6 Å². The van der Waals surface area contributed by atoms with Crippen LogP contribution in [0.1, 0.15) is 5.56 Å². The molecule has 0 aliphatic carbocycles. The summed E-state index contributed by atoms with van der Waals surface area (Å²) in [5, 5.41) is 2.05. The van der Waals surface area contributed by atoms with Crippen molar-refractivity contribution in [3.8, 4) is 11.6 Å². The van der Waals surface area contributed by atoms with Gasteiger partial charge < -0.3 is 10.5 Å². The first-order valence-corrected chi connectivity index (χ1v) is 7.07. The van der Waals surface area contributed by atoms with E-state index in [1.165, 1.54) is 0 Å². The van der Waals surface area contributed by atoms with E-state index >= 15 is 0 Å². The smallest absolute Gasteiger partial charge is 0.227 e. The highest BCUT2D eigenvalue weighted by molar-refractivity contribution is 9.10. The summed E-state index contributed by atoms with van der Waals surface area (Å²) in [6, 6.07) is 15.7. The summed E-state index contributed by atoms with van der Waals surface area (Å²) in [4.78, 5) is 4.32. The maximum Gasteiger partial charge on any atom is 0.227 e. The van der Waals surface area contributed by atoms with Crippen molar-refractivity contribution in [2.45, 2.75) is 6.54 Å². The molecule has 0 unspecified atom stereocenters. The Balaban J connectivity index is 2.04. The molecule has 0 bridgehead atoms. The van der Waals surface area contributed by atoms with E-state index in [4.69, 9.17) is 10.5 Å². The van der Waals surface area contributed by atoms with Gasteiger partial charge in [-0.1, -0.05) is 34.1 Å². The highest BCUT2D eigenvalue weighted by atomic mass is 79.9. The number of fused-ring (bicyclic) bond motifs is 1. The zero-order valence-corrected chi connectivity index (χ0v) is 12.3. The largest absolute Gasteiger partial charge is 0.438 e. The van der Waals surface area contributed by atoms with E-state index in [9.17, 15) is 0 Å². The predicted molar refractivity (Wildman–Crippen MR) is 83.9 cm³/mol. The molecule has 1 aromatic heterocycles. The molecular formula is C16H13BrN2O. The first kappa shape index (κ1) is 13.1. The van der Waals surface area contributed by atoms with Gasteiger partial charge in [-0.2, -0.15) is 0 Å². The van der Waals surface area contributed by atoms with Crippen LogP contribution >= 0.6 is 15.9 Å². The molecule has 20 heavy (non-hydrogen) atoms. The quantitative estimate of drug-likeness (QED) is 0.781. The van der Waals surface area contributed by atoms with E-state index in [2.05, 4.69) is 20.9 Å². The minimum atomic E-state index is 0.492. The molecule has 0 aliphatic rings. The Bertz CT molecular complexity index is 758. The fourth-order valence-corrected chi connectivity index (χ4v) is 2.57. The minimum absolute atomic E-state index is 0.492. The molecule has 0 amide bonds. The zero-order valence-electron chi connectivity index (χ0n) is 10.7. The van der Waals surface area contributed by atoms with Crippen LogP contribution in [-0.4, -0.2) is 4.98 Å². The van der Waals surface area contributed by atoms with Gasteiger partial charge in [0.15, 0.2) is 0 Å². The van der Waals surface area contributed by atoms with Crippen molar-refractivity contribution in [1.82, 2.24) is 4.98 Å². The molecule has 4 heteroatoms. The van der Waals surface area contributed by atoms with E-state index < -0.39 is 0 Å². The van der Waals surface area contributed by atoms with Crippen molar-refractivity contribution in [1.29, 1.82) is 0 Å². The second-order valence-electron chi connectivity index (χ2n) is 4.40. The van der Waals surface area contributed by atoms with Crippen LogP contribution in [0.5, 0.6) is 11.6 Å². The first-order valence-electron chi connectivity index (χ1n) is 6.28. The Morgan fingerprint density at radius 2 is 1.90 bits per heavy atom. The lowest BCUT2D eigenvalue weighted by molar-refractivity contribution is 0.468. The van der Waals surface area contributed by atoms with Gasteiger partial charge in [-0.05, 0) is 35.9 Å². The Hall–Kier alpha value is -1.91. The zero-order chi connectivity index (χ0) is 13.9. The number of hydrogen-bond acceptors (Lipinski definition) is 3. The Morgan fingerprint density at radius 1 is 1.05 bits per heavy atom. The van der Waals surface area contributed by atoms with Crippen LogP contribution in [-0.2, 0) is 6.54 Å². The molecule has 0 atom stereocenters. The third-order valence-corrected chi connectivity index (χ3v) is 3.76. The van der Waals surface area contributed by atoms with Gasteiger partial charge in [0.25, 0.3) is 0 Å². The van der Waals surface area contributed by atoms with Crippen molar-refractivity contribution >= 4 is 26.7 Å². The summed E-state index contributed by atoms with van der Waals surface area (Å²) in [5.74, 6) is 1.34. The molecule has 0 spiro atoms. The van der Waals surface area contributed by atoms with Crippen molar-refractivity contribution in [2.24, 2.45) is 5.73 Å². The summed E-state index contributed by atoms with van der Waals surface area (Å²) in [5.41, 5.74) is 6.68. The summed E-state index contributed by atoms with van der Waals surface area (Å²) in [6.07, 6.45) is 1.75. The van der Waals surface area contributed by atoms with Crippen LogP contribution in [0.4, 0.5) is 0 Å². The van der Waals surface area contributed by atoms with E-state index in [-0.39, 0.29) is 0 Å². The fraction of sp³-hybridized carbons (Fsp3) is 0.0625. The van der Waals surface area contributed by atoms with Gasteiger partial charge >= 0.3 is 0 Å². The van der Waals surface area contributed by atoms with Crippen molar-refractivity contribution in [3.05, 3.63) is 64.8 Å². The molecule has 3 rings (SSSR count). The van der Waals surface area contributed by atoms with Gasteiger partial charge in [0.05, 0.1) is 0 Å². The molecule has 3 nitrogen and oxygen atoms in total. The Kier molecular flexibility index (Phi) is 3.67. The molecule has 0 fully saturated rings. The van der Waals surface area contributed by atoms with Gasteiger partial charge in [0.1, 0.15) is 5.75 Å². The molecule has 0 saturated carbocycles. The molecule has 100 valence electrons. The number of rotatable bonds is 3. The summed E-state index contributed by atoms with van der Waals surface area (Å²) < 4.78 is 6.93. The van der Waals surface area contributed by atoms with Crippen molar-refractivity contribution < 1.29 is 4.74 Å². The lowest BCUT2D eigenvalue weighted by Crippen LogP contribution is -1.96. The average molecular weight is 329 g/mol. The molecule has 0 radical (unpaired) electrons. The van der Waals surface area contributed by atoms with Crippen LogP contribution in [0, 0.1) is 0 Å². The van der Waals surface area contributed by atoms with Crippen LogP contribution in [0.2, 0.25) is 0 Å². The SMILES string of the molecule is NCc1cccc(Oc2nccc3c(Br)cccc23)c1. The monoisotopic (exact) mass is 328 g/mol. The molecule has 2 N–H and O–H groups in total. The third-order valence-electron chi connectivity index (χ3n) is 3.06. The first-order chi connectivity index (χ1) is 9.78. The maximum absolute atomic E-state index is 5.90. The van der Waals surface area contributed by atoms with Crippen LogP contribution < -0.4 is 10.5 Å². The molecule has 0 aliphatic heterocycles. The minimum Gasteiger partial charge on any atom is -0.438 e. The van der Waals surface area contributed by atoms with E-state index in [0.29, 0.717) is 12.4 Å². The third kappa shape index (κ3) is 2.53. The summed E-state index contributed by atoms with van der Waals surface area (Å²) >= 11 is 3.54. The number of benzene rings is 2. The maximum atomic E-state index is 5.90. The number of hydrogen-bond donors (Lipinski definition) is 1. The summed E-state index contributed by atoms with van der Waals surface area (Å²) in [6.45, 7) is 0.492. The lowest BCUT2D eigenvalue weighted by atomic mass is 10.2.